The Morgan fingerprint density at radius 1 is 0.964 bits per heavy atom. The Kier molecular flexibility index (Phi) is 4.35. The highest BCUT2D eigenvalue weighted by molar-refractivity contribution is 6.03. The van der Waals surface area contributed by atoms with E-state index in [1.165, 1.54) is 35.9 Å². The number of aromatic nitrogens is 3. The average Bonchev–Trinajstić information content (AvgIpc) is 3.14. The molecule has 0 saturated carbocycles. The van der Waals surface area contributed by atoms with Crippen LogP contribution in [0.5, 0.6) is 0 Å². The molecule has 4 rings (SSSR count). The lowest BCUT2D eigenvalue weighted by Gasteiger charge is -2.11. The van der Waals surface area contributed by atoms with Crippen LogP contribution in [-0.2, 0) is 4.74 Å². The maximum Gasteiger partial charge on any atom is 0.342 e. The van der Waals surface area contributed by atoms with Crippen molar-refractivity contribution in [3.05, 3.63) is 77.5 Å². The van der Waals surface area contributed by atoms with E-state index >= 15 is 0 Å². The summed E-state index contributed by atoms with van der Waals surface area (Å²) >= 11 is 0. The molecule has 5 nitrogen and oxygen atoms in total. The molecular formula is C21H15F2N3O2. The second-order valence-electron chi connectivity index (χ2n) is 6.25. The van der Waals surface area contributed by atoms with E-state index in [-0.39, 0.29) is 17.2 Å². The minimum atomic E-state index is -0.581. The van der Waals surface area contributed by atoms with Crippen molar-refractivity contribution < 1.29 is 18.3 Å². The highest BCUT2D eigenvalue weighted by atomic mass is 19.1. The highest BCUT2D eigenvalue weighted by Crippen LogP contribution is 2.30. The Labute approximate surface area is 159 Å². The molecule has 0 aliphatic carbocycles. The number of fused-ring (bicyclic) bond motifs is 1. The van der Waals surface area contributed by atoms with E-state index < -0.39 is 5.97 Å². The third-order valence-electron chi connectivity index (χ3n) is 4.43. The molecule has 2 aromatic heterocycles. The predicted molar refractivity (Wildman–Crippen MR) is 99.9 cm³/mol. The molecule has 0 spiro atoms. The summed E-state index contributed by atoms with van der Waals surface area (Å²) in [6.07, 6.45) is 0. The third-order valence-corrected chi connectivity index (χ3v) is 4.43. The van der Waals surface area contributed by atoms with Crippen LogP contribution in [-0.4, -0.2) is 27.7 Å². The van der Waals surface area contributed by atoms with E-state index in [0.29, 0.717) is 28.2 Å². The van der Waals surface area contributed by atoms with Gasteiger partial charge in [0.1, 0.15) is 17.2 Å². The summed E-state index contributed by atoms with van der Waals surface area (Å²) in [6.45, 7) is 1.82. The van der Waals surface area contributed by atoms with Gasteiger partial charge < -0.3 is 4.74 Å². The molecule has 4 aromatic rings. The van der Waals surface area contributed by atoms with Crippen molar-refractivity contribution in [2.45, 2.75) is 6.92 Å². The van der Waals surface area contributed by atoms with Crippen molar-refractivity contribution in [1.29, 1.82) is 0 Å². The predicted octanol–water partition coefficient (Wildman–Crippen LogP) is 4.44. The number of nitrogens with zero attached hydrogens (tertiary/aromatic N) is 3. The van der Waals surface area contributed by atoms with Gasteiger partial charge in [-0.15, -0.1) is 5.10 Å². The van der Waals surface area contributed by atoms with Crippen molar-refractivity contribution in [3.8, 4) is 22.5 Å². The van der Waals surface area contributed by atoms with E-state index in [2.05, 4.69) is 10.1 Å². The molecule has 0 amide bonds. The molecule has 0 aliphatic rings. The van der Waals surface area contributed by atoms with E-state index in [9.17, 15) is 13.6 Å². The Morgan fingerprint density at radius 2 is 1.54 bits per heavy atom. The zero-order valence-corrected chi connectivity index (χ0v) is 15.1. The van der Waals surface area contributed by atoms with E-state index in [1.807, 2.05) is 6.92 Å². The van der Waals surface area contributed by atoms with Crippen molar-refractivity contribution in [2.24, 2.45) is 0 Å². The average molecular weight is 379 g/mol. The molecule has 0 fully saturated rings. The van der Waals surface area contributed by atoms with Gasteiger partial charge in [0.05, 0.1) is 7.11 Å². The van der Waals surface area contributed by atoms with Crippen molar-refractivity contribution >= 4 is 11.6 Å². The van der Waals surface area contributed by atoms with Gasteiger partial charge in [-0.05, 0) is 55.0 Å². The monoisotopic (exact) mass is 379 g/mol. The Morgan fingerprint density at radius 3 is 2.11 bits per heavy atom. The van der Waals surface area contributed by atoms with Crippen LogP contribution in [0.1, 0.15) is 16.1 Å². The van der Waals surface area contributed by atoms with Gasteiger partial charge in [0.2, 0.25) is 0 Å². The summed E-state index contributed by atoms with van der Waals surface area (Å²) in [6, 6.07) is 13.4. The fraction of sp³-hybridized carbons (Fsp3) is 0.0952. The fourth-order valence-electron chi connectivity index (χ4n) is 3.06. The van der Waals surface area contributed by atoms with Crippen LogP contribution in [0.25, 0.3) is 28.2 Å². The lowest BCUT2D eigenvalue weighted by atomic mass is 10.00. The molecule has 0 saturated heterocycles. The first-order valence-corrected chi connectivity index (χ1v) is 8.48. The lowest BCUT2D eigenvalue weighted by molar-refractivity contribution is 0.0603. The number of hydrogen-bond donors (Lipinski definition) is 0. The van der Waals surface area contributed by atoms with Crippen LogP contribution in [0.3, 0.4) is 0 Å². The number of benzene rings is 2. The molecule has 140 valence electrons. The van der Waals surface area contributed by atoms with Crippen LogP contribution in [0.2, 0.25) is 0 Å². The number of pyridine rings is 1. The number of aryl methyl sites for hydroxylation is 1. The van der Waals surface area contributed by atoms with Gasteiger partial charge in [-0.25, -0.2) is 23.1 Å². The molecule has 28 heavy (non-hydrogen) atoms. The molecule has 0 bridgehead atoms. The van der Waals surface area contributed by atoms with Gasteiger partial charge in [0.25, 0.3) is 0 Å². The minimum Gasteiger partial charge on any atom is -0.465 e. The first kappa shape index (κ1) is 17.8. The summed E-state index contributed by atoms with van der Waals surface area (Å²) in [7, 11) is 1.28. The summed E-state index contributed by atoms with van der Waals surface area (Å²) in [5.41, 5.74) is 3.09. The fourth-order valence-corrected chi connectivity index (χ4v) is 3.06. The summed E-state index contributed by atoms with van der Waals surface area (Å²) < 4.78 is 33.1. The van der Waals surface area contributed by atoms with Crippen molar-refractivity contribution in [1.82, 2.24) is 14.6 Å². The first-order valence-electron chi connectivity index (χ1n) is 8.48. The topological polar surface area (TPSA) is 56.5 Å². The Hall–Kier alpha value is -3.61. The van der Waals surface area contributed by atoms with E-state index in [0.717, 1.165) is 5.69 Å². The normalized spacial score (nSPS) is 11.0. The standard InChI is InChI=1S/C21H15F2N3O2/c1-12-11-17(13-3-7-15(22)8-4-13)18(21(27)28-2)20-24-19(25-26(12)20)14-5-9-16(23)10-6-14/h3-11H,1-2H3. The van der Waals surface area contributed by atoms with Gasteiger partial charge >= 0.3 is 5.97 Å². The molecule has 0 radical (unpaired) electrons. The number of hydrogen-bond acceptors (Lipinski definition) is 4. The van der Waals surface area contributed by atoms with Gasteiger partial charge in [-0.1, -0.05) is 12.1 Å². The van der Waals surface area contributed by atoms with E-state index in [1.54, 1.807) is 30.3 Å². The molecule has 0 atom stereocenters. The zero-order valence-electron chi connectivity index (χ0n) is 15.1. The quantitative estimate of drug-likeness (QED) is 0.494. The molecule has 0 aliphatic heterocycles. The molecule has 2 heterocycles. The van der Waals surface area contributed by atoms with E-state index in [4.69, 9.17) is 4.74 Å². The minimum absolute atomic E-state index is 0.223. The SMILES string of the molecule is COC(=O)c1c(-c2ccc(F)cc2)cc(C)n2nc(-c3ccc(F)cc3)nc12. The lowest BCUT2D eigenvalue weighted by Crippen LogP contribution is -2.09. The Balaban J connectivity index is 1.99. The van der Waals surface area contributed by atoms with Crippen LogP contribution < -0.4 is 0 Å². The summed E-state index contributed by atoms with van der Waals surface area (Å²) in [5.74, 6) is -0.966. The zero-order chi connectivity index (χ0) is 19.8. The number of rotatable bonds is 3. The second-order valence-corrected chi connectivity index (χ2v) is 6.25. The van der Waals surface area contributed by atoms with Crippen LogP contribution in [0, 0.1) is 18.6 Å². The van der Waals surface area contributed by atoms with Gasteiger partial charge in [0.15, 0.2) is 11.5 Å². The van der Waals surface area contributed by atoms with Crippen LogP contribution >= 0.6 is 0 Å². The smallest absolute Gasteiger partial charge is 0.342 e. The van der Waals surface area contributed by atoms with Crippen molar-refractivity contribution in [3.63, 3.8) is 0 Å². The summed E-state index contributed by atoms with van der Waals surface area (Å²) in [5, 5.41) is 4.45. The van der Waals surface area contributed by atoms with Crippen LogP contribution in [0.15, 0.2) is 54.6 Å². The van der Waals surface area contributed by atoms with Gasteiger partial charge in [-0.2, -0.15) is 0 Å². The maximum atomic E-state index is 13.3. The molecule has 0 N–H and O–H groups in total. The molecule has 2 aromatic carbocycles. The number of esters is 1. The number of methoxy groups -OCH3 is 1. The number of carbonyl (C=O) groups is 1. The largest absolute Gasteiger partial charge is 0.465 e. The van der Waals surface area contributed by atoms with Gasteiger partial charge in [-0.3, -0.25) is 0 Å². The highest BCUT2D eigenvalue weighted by Gasteiger charge is 2.23. The van der Waals surface area contributed by atoms with Gasteiger partial charge in [0, 0.05) is 16.8 Å². The third kappa shape index (κ3) is 3.00. The molecule has 0 unspecified atom stereocenters. The maximum absolute atomic E-state index is 13.3. The summed E-state index contributed by atoms with van der Waals surface area (Å²) in [4.78, 5) is 17.1. The molecule has 7 heteroatoms. The number of carbonyl (C=O) groups excluding carboxylic acids is 1. The second kappa shape index (κ2) is 6.84. The number of ether oxygens (including phenoxy) is 1. The number of halogens is 2. The van der Waals surface area contributed by atoms with Crippen molar-refractivity contribution in [2.75, 3.05) is 7.11 Å². The van der Waals surface area contributed by atoms with Crippen LogP contribution in [0.4, 0.5) is 8.78 Å². The molecular weight excluding hydrogens is 364 g/mol. The Bertz CT molecular complexity index is 1180. The first-order chi connectivity index (χ1) is 13.5.